The van der Waals surface area contributed by atoms with E-state index in [9.17, 15) is 14.7 Å². The van der Waals surface area contributed by atoms with E-state index in [0.717, 1.165) is 11.3 Å². The van der Waals surface area contributed by atoms with Crippen LogP contribution in [0.4, 0.5) is 5.00 Å². The topological polar surface area (TPSA) is 66.4 Å². The largest absolute Gasteiger partial charge is 0.478 e. The maximum atomic E-state index is 12.4. The molecule has 1 aromatic heterocycles. The minimum Gasteiger partial charge on any atom is -0.478 e. The van der Waals surface area contributed by atoms with Crippen molar-refractivity contribution in [1.82, 2.24) is 0 Å². The van der Waals surface area contributed by atoms with Crippen molar-refractivity contribution in [2.45, 2.75) is 0 Å². The number of carbonyl (C=O) groups excluding carboxylic acids is 1. The fourth-order valence-electron chi connectivity index (χ4n) is 2.34. The van der Waals surface area contributed by atoms with Gasteiger partial charge < -0.3 is 10.4 Å². The average Bonchev–Trinajstić information content (AvgIpc) is 2.99. The fraction of sp³-hybridized carbons (Fsp3) is 0. The highest BCUT2D eigenvalue weighted by Crippen LogP contribution is 2.35. The third kappa shape index (κ3) is 3.75. The molecule has 2 aromatic carbocycles. The summed E-state index contributed by atoms with van der Waals surface area (Å²) >= 11 is 7.04. The number of hydrogen-bond donors (Lipinski definition) is 2. The number of rotatable bonds is 4. The maximum absolute atomic E-state index is 12.4. The van der Waals surface area contributed by atoms with E-state index in [1.807, 2.05) is 0 Å². The van der Waals surface area contributed by atoms with E-state index in [1.54, 1.807) is 47.8 Å². The molecule has 0 atom stereocenters. The van der Waals surface area contributed by atoms with Crippen LogP contribution in [-0.2, 0) is 0 Å². The minimum absolute atomic E-state index is 0.0464. The second kappa shape index (κ2) is 7.13. The lowest BCUT2D eigenvalue weighted by molar-refractivity contribution is 0.0699. The van der Waals surface area contributed by atoms with Gasteiger partial charge >= 0.3 is 5.97 Å². The summed E-state index contributed by atoms with van der Waals surface area (Å²) in [6, 6.07) is 13.3. The molecule has 25 heavy (non-hydrogen) atoms. The van der Waals surface area contributed by atoms with Gasteiger partial charge in [-0.3, -0.25) is 4.79 Å². The van der Waals surface area contributed by atoms with Crippen molar-refractivity contribution in [1.29, 1.82) is 0 Å². The molecule has 0 fully saturated rings. The lowest BCUT2D eigenvalue weighted by atomic mass is 9.93. The Morgan fingerprint density at radius 1 is 1.12 bits per heavy atom. The second-order valence-electron chi connectivity index (χ2n) is 5.25. The van der Waals surface area contributed by atoms with E-state index in [1.165, 1.54) is 6.07 Å². The van der Waals surface area contributed by atoms with Crippen LogP contribution in [0.1, 0.15) is 20.7 Å². The Morgan fingerprint density at radius 3 is 2.48 bits per heavy atom. The van der Waals surface area contributed by atoms with E-state index in [2.05, 4.69) is 5.32 Å². The number of thiophene rings is 1. The smallest absolute Gasteiger partial charge is 0.339 e. The van der Waals surface area contributed by atoms with Crippen molar-refractivity contribution >= 4 is 53.1 Å². The van der Waals surface area contributed by atoms with Crippen LogP contribution in [-0.4, -0.2) is 24.8 Å². The summed E-state index contributed by atoms with van der Waals surface area (Å²) in [7, 11) is 5.67. The van der Waals surface area contributed by atoms with Crippen LogP contribution in [0.2, 0.25) is 5.02 Å². The highest BCUT2D eigenvalue weighted by molar-refractivity contribution is 7.15. The monoisotopic (exact) mass is 367 g/mol. The first-order chi connectivity index (χ1) is 12.0. The minimum atomic E-state index is -1.12. The van der Waals surface area contributed by atoms with Crippen LogP contribution in [0.3, 0.4) is 0 Å². The molecule has 2 radical (unpaired) electrons. The number of hydrogen-bond acceptors (Lipinski definition) is 3. The zero-order valence-electron chi connectivity index (χ0n) is 12.8. The summed E-state index contributed by atoms with van der Waals surface area (Å²) in [5.74, 6) is -1.54. The Bertz CT molecular complexity index is 953. The van der Waals surface area contributed by atoms with Crippen molar-refractivity contribution in [2.75, 3.05) is 5.32 Å². The number of benzene rings is 2. The maximum Gasteiger partial charge on any atom is 0.339 e. The van der Waals surface area contributed by atoms with Gasteiger partial charge in [-0.2, -0.15) is 0 Å². The molecule has 0 saturated carbocycles. The summed E-state index contributed by atoms with van der Waals surface area (Å²) < 4.78 is 0. The predicted molar refractivity (Wildman–Crippen MR) is 102 cm³/mol. The van der Waals surface area contributed by atoms with Gasteiger partial charge in [-0.15, -0.1) is 11.3 Å². The molecule has 2 N–H and O–H groups in total. The van der Waals surface area contributed by atoms with Crippen LogP contribution in [0.15, 0.2) is 53.9 Å². The number of aromatic carboxylic acids is 1. The number of carbonyl (C=O) groups is 2. The quantitative estimate of drug-likeness (QED) is 0.689. The van der Waals surface area contributed by atoms with Gasteiger partial charge in [0.1, 0.15) is 18.4 Å². The van der Waals surface area contributed by atoms with Crippen LogP contribution < -0.4 is 10.8 Å². The summed E-state index contributed by atoms with van der Waals surface area (Å²) in [5, 5.41) is 14.6. The van der Waals surface area contributed by atoms with Crippen molar-refractivity contribution in [3.63, 3.8) is 0 Å². The number of anilines is 1. The van der Waals surface area contributed by atoms with Gasteiger partial charge in [-0.25, -0.2) is 4.79 Å². The Kier molecular flexibility index (Phi) is 4.92. The first-order valence-electron chi connectivity index (χ1n) is 7.23. The van der Waals surface area contributed by atoms with E-state index < -0.39 is 11.9 Å². The Morgan fingerprint density at radius 2 is 1.84 bits per heavy atom. The normalized spacial score (nSPS) is 10.4. The highest BCUT2D eigenvalue weighted by Gasteiger charge is 2.21. The van der Waals surface area contributed by atoms with E-state index in [4.69, 9.17) is 19.4 Å². The fourth-order valence-corrected chi connectivity index (χ4v) is 3.49. The van der Waals surface area contributed by atoms with Crippen LogP contribution in [0, 0.1) is 0 Å². The molecule has 7 heteroatoms. The zero-order valence-corrected chi connectivity index (χ0v) is 14.4. The summed E-state index contributed by atoms with van der Waals surface area (Å²) in [4.78, 5) is 24.1. The average molecular weight is 368 g/mol. The Labute approximate surface area is 154 Å². The van der Waals surface area contributed by atoms with Gasteiger partial charge in [0.05, 0.1) is 0 Å². The lowest BCUT2D eigenvalue weighted by Crippen LogP contribution is -2.13. The van der Waals surface area contributed by atoms with Crippen LogP contribution in [0.25, 0.3) is 11.1 Å². The summed E-state index contributed by atoms with van der Waals surface area (Å²) in [5.41, 5.74) is 2.23. The molecule has 4 nitrogen and oxygen atoms in total. The molecule has 0 saturated heterocycles. The number of carboxylic acids is 1. The van der Waals surface area contributed by atoms with Crippen molar-refractivity contribution in [3.8, 4) is 11.1 Å². The molecule has 0 unspecified atom stereocenters. The molecule has 0 bridgehead atoms. The standard InChI is InChI=1S/C18H11BClNO3S/c19-12-6-4-10(5-7-12)14-9-25-17(15(14)18(23)24)21-16(22)11-2-1-3-13(20)8-11/h1-9H,(H,21,22)(H,23,24). The van der Waals surface area contributed by atoms with Gasteiger partial charge in [-0.05, 0) is 23.8 Å². The van der Waals surface area contributed by atoms with Gasteiger partial charge in [0.25, 0.3) is 5.91 Å². The van der Waals surface area contributed by atoms with Crippen LogP contribution in [0.5, 0.6) is 0 Å². The zero-order chi connectivity index (χ0) is 18.0. The molecule has 3 rings (SSSR count). The third-order valence-corrected chi connectivity index (χ3v) is 4.67. The van der Waals surface area contributed by atoms with Crippen molar-refractivity contribution in [3.05, 3.63) is 70.1 Å². The van der Waals surface area contributed by atoms with Gasteiger partial charge in [0.15, 0.2) is 0 Å². The van der Waals surface area contributed by atoms with E-state index in [0.29, 0.717) is 27.2 Å². The molecular weight excluding hydrogens is 357 g/mol. The first-order valence-corrected chi connectivity index (χ1v) is 8.49. The Hall–Kier alpha value is -2.57. The molecule has 0 aliphatic rings. The van der Waals surface area contributed by atoms with Gasteiger partial charge in [-0.1, -0.05) is 47.4 Å². The number of carboxylic acid groups (broad SMARTS) is 1. The molecule has 1 heterocycles. The van der Waals surface area contributed by atoms with Gasteiger partial charge in [0.2, 0.25) is 0 Å². The van der Waals surface area contributed by atoms with E-state index >= 15 is 0 Å². The summed E-state index contributed by atoms with van der Waals surface area (Å²) in [6.07, 6.45) is 0. The highest BCUT2D eigenvalue weighted by atomic mass is 35.5. The molecule has 1 amide bonds. The number of amides is 1. The molecule has 0 spiro atoms. The predicted octanol–water partition coefficient (Wildman–Crippen LogP) is 3.81. The van der Waals surface area contributed by atoms with Crippen molar-refractivity contribution in [2.24, 2.45) is 0 Å². The van der Waals surface area contributed by atoms with Crippen molar-refractivity contribution < 1.29 is 14.7 Å². The molecular formula is C18H11BClNO3S. The number of halogens is 1. The molecule has 0 aliphatic heterocycles. The SMILES string of the molecule is [B]c1ccc(-c2csc(NC(=O)c3cccc(Cl)c3)c2C(=O)O)cc1. The molecule has 122 valence electrons. The summed E-state index contributed by atoms with van der Waals surface area (Å²) in [6.45, 7) is 0. The Balaban J connectivity index is 1.96. The van der Waals surface area contributed by atoms with Crippen LogP contribution >= 0.6 is 22.9 Å². The second-order valence-corrected chi connectivity index (χ2v) is 6.56. The lowest BCUT2D eigenvalue weighted by Gasteiger charge is -2.07. The first kappa shape index (κ1) is 17.3. The van der Waals surface area contributed by atoms with Gasteiger partial charge in [0, 0.05) is 21.5 Å². The van der Waals surface area contributed by atoms with E-state index in [-0.39, 0.29) is 10.6 Å². The molecule has 0 aliphatic carbocycles. The number of nitrogens with one attached hydrogen (secondary N) is 1. The molecule has 3 aromatic rings. The third-order valence-electron chi connectivity index (χ3n) is 3.54.